The quantitative estimate of drug-likeness (QED) is 0.849. The standard InChI is InChI=1S/C13H15N3O3/c1-2-16(8-4-7-14)13(19)15-11-6-3-5-10(9-11)12(17)18/h3,5-6,9H,2,4,8H2,1H3,(H,15,19)(H,17,18). The number of benzene rings is 1. The zero-order valence-corrected chi connectivity index (χ0v) is 10.6. The predicted molar refractivity (Wildman–Crippen MR) is 69.9 cm³/mol. The van der Waals surface area contributed by atoms with Gasteiger partial charge in [0.15, 0.2) is 0 Å². The summed E-state index contributed by atoms with van der Waals surface area (Å²) in [5.74, 6) is -1.05. The molecule has 2 N–H and O–H groups in total. The van der Waals surface area contributed by atoms with Gasteiger partial charge >= 0.3 is 12.0 Å². The van der Waals surface area contributed by atoms with Crippen LogP contribution in [0.15, 0.2) is 24.3 Å². The average molecular weight is 261 g/mol. The molecule has 2 amide bonds. The summed E-state index contributed by atoms with van der Waals surface area (Å²) in [6, 6.07) is 7.64. The second kappa shape index (κ2) is 7.01. The average Bonchev–Trinajstić information content (AvgIpc) is 2.40. The van der Waals surface area contributed by atoms with Crippen LogP contribution in [0.5, 0.6) is 0 Å². The maximum Gasteiger partial charge on any atom is 0.335 e. The van der Waals surface area contributed by atoms with Crippen molar-refractivity contribution in [3.05, 3.63) is 29.8 Å². The van der Waals surface area contributed by atoms with E-state index in [4.69, 9.17) is 10.4 Å². The van der Waals surface area contributed by atoms with Crippen molar-refractivity contribution in [1.82, 2.24) is 4.90 Å². The summed E-state index contributed by atoms with van der Waals surface area (Å²) in [5, 5.41) is 20.0. The summed E-state index contributed by atoms with van der Waals surface area (Å²) in [5.41, 5.74) is 0.526. The van der Waals surface area contributed by atoms with E-state index in [1.165, 1.54) is 17.0 Å². The molecular formula is C13H15N3O3. The van der Waals surface area contributed by atoms with E-state index >= 15 is 0 Å². The van der Waals surface area contributed by atoms with Crippen LogP contribution in [-0.2, 0) is 0 Å². The minimum absolute atomic E-state index is 0.109. The monoisotopic (exact) mass is 261 g/mol. The van der Waals surface area contributed by atoms with E-state index in [2.05, 4.69) is 5.32 Å². The van der Waals surface area contributed by atoms with Crippen LogP contribution in [0.2, 0.25) is 0 Å². The maximum atomic E-state index is 11.9. The fourth-order valence-corrected chi connectivity index (χ4v) is 1.52. The number of carboxylic acids is 1. The molecule has 0 bridgehead atoms. The number of carboxylic acid groups (broad SMARTS) is 1. The molecule has 0 radical (unpaired) electrons. The molecule has 19 heavy (non-hydrogen) atoms. The Bertz CT molecular complexity index is 508. The van der Waals surface area contributed by atoms with Crippen molar-refractivity contribution in [1.29, 1.82) is 5.26 Å². The van der Waals surface area contributed by atoms with Gasteiger partial charge in [-0.3, -0.25) is 0 Å². The van der Waals surface area contributed by atoms with Crippen molar-refractivity contribution < 1.29 is 14.7 Å². The summed E-state index contributed by atoms with van der Waals surface area (Å²) < 4.78 is 0. The second-order valence-corrected chi connectivity index (χ2v) is 3.80. The lowest BCUT2D eigenvalue weighted by Crippen LogP contribution is -2.35. The van der Waals surface area contributed by atoms with Crippen LogP contribution in [0.1, 0.15) is 23.7 Å². The minimum atomic E-state index is -1.05. The van der Waals surface area contributed by atoms with Crippen LogP contribution in [-0.4, -0.2) is 35.1 Å². The summed E-state index contributed by atoms with van der Waals surface area (Å²) in [6.07, 6.45) is 0.260. The first-order valence-corrected chi connectivity index (χ1v) is 5.84. The number of nitrogens with one attached hydrogen (secondary N) is 1. The third-order valence-electron chi connectivity index (χ3n) is 2.52. The summed E-state index contributed by atoms with van der Waals surface area (Å²) in [7, 11) is 0. The number of aromatic carboxylic acids is 1. The van der Waals surface area contributed by atoms with Crippen LogP contribution in [0.25, 0.3) is 0 Å². The molecule has 1 aromatic carbocycles. The Labute approximate surface area is 111 Å². The van der Waals surface area contributed by atoms with Crippen molar-refractivity contribution >= 4 is 17.7 Å². The SMILES string of the molecule is CCN(CCC#N)C(=O)Nc1cccc(C(=O)O)c1. The number of carbonyl (C=O) groups excluding carboxylic acids is 1. The van der Waals surface area contributed by atoms with Gasteiger partial charge in [-0.05, 0) is 25.1 Å². The third-order valence-corrected chi connectivity index (χ3v) is 2.52. The Morgan fingerprint density at radius 3 is 2.79 bits per heavy atom. The summed E-state index contributed by atoms with van der Waals surface area (Å²) >= 11 is 0. The van der Waals surface area contributed by atoms with Crippen LogP contribution >= 0.6 is 0 Å². The number of nitrogens with zero attached hydrogens (tertiary/aromatic N) is 2. The highest BCUT2D eigenvalue weighted by Crippen LogP contribution is 2.11. The minimum Gasteiger partial charge on any atom is -0.478 e. The lowest BCUT2D eigenvalue weighted by atomic mass is 10.2. The molecule has 6 nitrogen and oxygen atoms in total. The van der Waals surface area contributed by atoms with Crippen LogP contribution in [0.4, 0.5) is 10.5 Å². The lowest BCUT2D eigenvalue weighted by Gasteiger charge is -2.20. The number of carbonyl (C=O) groups is 2. The smallest absolute Gasteiger partial charge is 0.335 e. The van der Waals surface area contributed by atoms with Gasteiger partial charge in [0, 0.05) is 18.8 Å². The van der Waals surface area contributed by atoms with Gasteiger partial charge in [-0.25, -0.2) is 9.59 Å². The molecule has 0 aromatic heterocycles. The van der Waals surface area contributed by atoms with E-state index in [1.807, 2.05) is 13.0 Å². The number of hydrogen-bond donors (Lipinski definition) is 2. The number of urea groups is 1. The Morgan fingerprint density at radius 2 is 2.21 bits per heavy atom. The number of hydrogen-bond acceptors (Lipinski definition) is 3. The molecule has 0 unspecified atom stereocenters. The first kappa shape index (κ1) is 14.5. The van der Waals surface area contributed by atoms with Gasteiger partial charge in [0.05, 0.1) is 18.1 Å². The lowest BCUT2D eigenvalue weighted by molar-refractivity contribution is 0.0697. The van der Waals surface area contributed by atoms with E-state index in [1.54, 1.807) is 12.1 Å². The first-order chi connectivity index (χ1) is 9.08. The number of anilines is 1. The van der Waals surface area contributed by atoms with Gasteiger partial charge in [-0.15, -0.1) is 0 Å². The Hall–Kier alpha value is -2.55. The van der Waals surface area contributed by atoms with E-state index in [9.17, 15) is 9.59 Å². The van der Waals surface area contributed by atoms with Crippen molar-refractivity contribution in [2.45, 2.75) is 13.3 Å². The summed E-state index contributed by atoms with van der Waals surface area (Å²) in [6.45, 7) is 2.63. The molecule has 0 fully saturated rings. The Balaban J connectivity index is 2.73. The fourth-order valence-electron chi connectivity index (χ4n) is 1.52. The molecule has 0 atom stereocenters. The fraction of sp³-hybridized carbons (Fsp3) is 0.308. The number of nitriles is 1. The van der Waals surface area contributed by atoms with Crippen LogP contribution in [0, 0.1) is 11.3 Å². The highest BCUT2D eigenvalue weighted by molar-refractivity contribution is 5.93. The Kier molecular flexibility index (Phi) is 5.35. The van der Waals surface area contributed by atoms with Crippen molar-refractivity contribution in [3.8, 4) is 6.07 Å². The van der Waals surface area contributed by atoms with Crippen LogP contribution < -0.4 is 5.32 Å². The van der Waals surface area contributed by atoms with E-state index in [-0.39, 0.29) is 18.0 Å². The topological polar surface area (TPSA) is 93.4 Å². The van der Waals surface area contributed by atoms with Gasteiger partial charge in [0.1, 0.15) is 0 Å². The van der Waals surface area contributed by atoms with E-state index < -0.39 is 5.97 Å². The molecule has 1 rings (SSSR count). The maximum absolute atomic E-state index is 11.9. The normalized spacial score (nSPS) is 9.47. The zero-order valence-electron chi connectivity index (χ0n) is 10.6. The molecule has 1 aromatic rings. The molecule has 0 heterocycles. The van der Waals surface area contributed by atoms with Gasteiger partial charge < -0.3 is 15.3 Å². The summed E-state index contributed by atoms with van der Waals surface area (Å²) in [4.78, 5) is 24.2. The highest BCUT2D eigenvalue weighted by Gasteiger charge is 2.12. The molecule has 0 saturated heterocycles. The Morgan fingerprint density at radius 1 is 1.47 bits per heavy atom. The molecule has 0 aliphatic heterocycles. The van der Waals surface area contributed by atoms with Gasteiger partial charge in [0.2, 0.25) is 0 Å². The molecule has 100 valence electrons. The van der Waals surface area contributed by atoms with Gasteiger partial charge in [-0.2, -0.15) is 5.26 Å². The van der Waals surface area contributed by atoms with Crippen molar-refractivity contribution in [2.24, 2.45) is 0 Å². The molecule has 0 aliphatic rings. The predicted octanol–water partition coefficient (Wildman–Crippen LogP) is 2.15. The van der Waals surface area contributed by atoms with Gasteiger partial charge in [0.25, 0.3) is 0 Å². The highest BCUT2D eigenvalue weighted by atomic mass is 16.4. The van der Waals surface area contributed by atoms with Crippen molar-refractivity contribution in [2.75, 3.05) is 18.4 Å². The molecule has 0 saturated carbocycles. The van der Waals surface area contributed by atoms with E-state index in [0.717, 1.165) is 0 Å². The largest absolute Gasteiger partial charge is 0.478 e. The van der Waals surface area contributed by atoms with Gasteiger partial charge in [-0.1, -0.05) is 6.07 Å². The number of amides is 2. The zero-order chi connectivity index (χ0) is 14.3. The number of rotatable bonds is 5. The third kappa shape index (κ3) is 4.32. The molecular weight excluding hydrogens is 246 g/mol. The second-order valence-electron chi connectivity index (χ2n) is 3.80. The first-order valence-electron chi connectivity index (χ1n) is 5.84. The molecule has 6 heteroatoms. The van der Waals surface area contributed by atoms with E-state index in [0.29, 0.717) is 18.8 Å². The molecule has 0 aliphatic carbocycles. The van der Waals surface area contributed by atoms with Crippen LogP contribution in [0.3, 0.4) is 0 Å². The molecule has 0 spiro atoms. The van der Waals surface area contributed by atoms with Crippen molar-refractivity contribution in [3.63, 3.8) is 0 Å².